The van der Waals surface area contributed by atoms with Crippen LogP contribution in [0.25, 0.3) is 17.0 Å². The van der Waals surface area contributed by atoms with Crippen LogP contribution < -0.4 is 14.8 Å². The SMILES string of the molecule is CCCCn1cc(/C=C(\C#N)C(=O)Nc2ccc3c(c2)OCO3)c2ccccc21. The maximum absolute atomic E-state index is 12.7. The summed E-state index contributed by atoms with van der Waals surface area (Å²) in [5.74, 6) is 0.750. The summed E-state index contributed by atoms with van der Waals surface area (Å²) >= 11 is 0. The topological polar surface area (TPSA) is 76.3 Å². The molecule has 4 rings (SSSR count). The van der Waals surface area contributed by atoms with Gasteiger partial charge in [0, 0.05) is 41.0 Å². The molecule has 29 heavy (non-hydrogen) atoms. The van der Waals surface area contributed by atoms with Crippen LogP contribution in [-0.2, 0) is 11.3 Å². The number of nitriles is 1. The fourth-order valence-electron chi connectivity index (χ4n) is 3.38. The quantitative estimate of drug-likeness (QED) is 0.491. The van der Waals surface area contributed by atoms with Crippen LogP contribution in [0, 0.1) is 11.3 Å². The van der Waals surface area contributed by atoms with Gasteiger partial charge >= 0.3 is 0 Å². The Balaban J connectivity index is 1.62. The Morgan fingerprint density at radius 1 is 1.24 bits per heavy atom. The molecule has 1 aliphatic rings. The van der Waals surface area contributed by atoms with Crippen LogP contribution >= 0.6 is 0 Å². The standard InChI is InChI=1S/C23H21N3O3/c1-2-3-10-26-14-17(19-6-4-5-7-20(19)26)11-16(13-24)23(27)25-18-8-9-21-22(12-18)29-15-28-21/h4-9,11-12,14H,2-3,10,15H2,1H3,(H,25,27)/b16-11+. The summed E-state index contributed by atoms with van der Waals surface area (Å²) in [6.07, 6.45) is 5.81. The molecule has 1 aromatic heterocycles. The van der Waals surface area contributed by atoms with E-state index in [0.29, 0.717) is 17.2 Å². The normalized spacial score (nSPS) is 12.8. The summed E-state index contributed by atoms with van der Waals surface area (Å²) in [6.45, 7) is 3.22. The van der Waals surface area contributed by atoms with E-state index in [1.165, 1.54) is 0 Å². The molecule has 1 aliphatic heterocycles. The highest BCUT2D eigenvalue weighted by molar-refractivity contribution is 6.10. The molecule has 0 fully saturated rings. The van der Waals surface area contributed by atoms with Gasteiger partial charge in [0.1, 0.15) is 11.6 Å². The lowest BCUT2D eigenvalue weighted by Gasteiger charge is -2.05. The zero-order chi connectivity index (χ0) is 20.2. The van der Waals surface area contributed by atoms with Gasteiger partial charge in [-0.2, -0.15) is 5.26 Å². The van der Waals surface area contributed by atoms with E-state index in [9.17, 15) is 10.1 Å². The lowest BCUT2D eigenvalue weighted by atomic mass is 10.1. The number of aryl methyl sites for hydroxylation is 1. The summed E-state index contributed by atoms with van der Waals surface area (Å²) in [4.78, 5) is 12.7. The number of unbranched alkanes of at least 4 members (excludes halogenated alkanes) is 1. The molecule has 2 aromatic carbocycles. The van der Waals surface area contributed by atoms with Crippen LogP contribution in [0.5, 0.6) is 11.5 Å². The lowest BCUT2D eigenvalue weighted by Crippen LogP contribution is -2.13. The molecule has 0 radical (unpaired) electrons. The van der Waals surface area contributed by atoms with E-state index in [4.69, 9.17) is 9.47 Å². The average Bonchev–Trinajstić information content (AvgIpc) is 3.34. The zero-order valence-corrected chi connectivity index (χ0v) is 16.1. The van der Waals surface area contributed by atoms with E-state index in [1.807, 2.05) is 30.5 Å². The van der Waals surface area contributed by atoms with Gasteiger partial charge in [-0.1, -0.05) is 31.5 Å². The number of benzene rings is 2. The summed E-state index contributed by atoms with van der Waals surface area (Å²) in [7, 11) is 0. The Morgan fingerprint density at radius 3 is 2.90 bits per heavy atom. The summed E-state index contributed by atoms with van der Waals surface area (Å²) in [5.41, 5.74) is 2.54. The molecule has 0 saturated heterocycles. The van der Waals surface area contributed by atoms with Crippen LogP contribution in [0.2, 0.25) is 0 Å². The Bertz CT molecular complexity index is 1140. The van der Waals surface area contributed by atoms with E-state index in [0.717, 1.165) is 35.9 Å². The number of nitrogens with zero attached hydrogens (tertiary/aromatic N) is 2. The Labute approximate surface area is 169 Å². The van der Waals surface area contributed by atoms with Crippen molar-refractivity contribution in [3.63, 3.8) is 0 Å². The molecule has 6 nitrogen and oxygen atoms in total. The van der Waals surface area contributed by atoms with E-state index in [-0.39, 0.29) is 12.4 Å². The van der Waals surface area contributed by atoms with E-state index < -0.39 is 5.91 Å². The number of carbonyl (C=O) groups excluding carboxylic acids is 1. The number of hydrogen-bond donors (Lipinski definition) is 1. The average molecular weight is 387 g/mol. The Hall–Kier alpha value is -3.72. The first-order valence-electron chi connectivity index (χ1n) is 9.60. The van der Waals surface area contributed by atoms with Crippen molar-refractivity contribution in [1.29, 1.82) is 5.26 Å². The molecule has 0 aliphatic carbocycles. The molecule has 0 unspecified atom stereocenters. The maximum Gasteiger partial charge on any atom is 0.266 e. The molecule has 0 bridgehead atoms. The number of carbonyl (C=O) groups is 1. The first-order chi connectivity index (χ1) is 14.2. The van der Waals surface area contributed by atoms with Crippen molar-refractivity contribution in [1.82, 2.24) is 4.57 Å². The van der Waals surface area contributed by atoms with Crippen LogP contribution in [0.15, 0.2) is 54.2 Å². The fraction of sp³-hybridized carbons (Fsp3) is 0.217. The molecule has 6 heteroatoms. The van der Waals surface area contributed by atoms with Crippen molar-refractivity contribution >= 4 is 28.6 Å². The van der Waals surface area contributed by atoms with Gasteiger partial charge in [-0.15, -0.1) is 0 Å². The lowest BCUT2D eigenvalue weighted by molar-refractivity contribution is -0.112. The number of para-hydroxylation sites is 1. The predicted octanol–water partition coefficient (Wildman–Crippen LogP) is 4.72. The number of rotatable bonds is 6. The van der Waals surface area contributed by atoms with Crippen molar-refractivity contribution in [2.45, 2.75) is 26.3 Å². The van der Waals surface area contributed by atoms with Gasteiger partial charge in [-0.25, -0.2) is 0 Å². The number of aromatic nitrogens is 1. The van der Waals surface area contributed by atoms with Crippen molar-refractivity contribution in [2.75, 3.05) is 12.1 Å². The highest BCUT2D eigenvalue weighted by Gasteiger charge is 2.16. The number of amides is 1. The second-order valence-electron chi connectivity index (χ2n) is 6.84. The monoisotopic (exact) mass is 387 g/mol. The third-order valence-corrected chi connectivity index (χ3v) is 4.87. The van der Waals surface area contributed by atoms with Gasteiger partial charge < -0.3 is 19.4 Å². The Kier molecular flexibility index (Phi) is 5.21. The van der Waals surface area contributed by atoms with Crippen LogP contribution in [-0.4, -0.2) is 17.3 Å². The molecule has 0 atom stereocenters. The molecule has 3 aromatic rings. The number of anilines is 1. The van der Waals surface area contributed by atoms with Crippen LogP contribution in [0.3, 0.4) is 0 Å². The molecular formula is C23H21N3O3. The number of hydrogen-bond acceptors (Lipinski definition) is 4. The zero-order valence-electron chi connectivity index (χ0n) is 16.1. The van der Waals surface area contributed by atoms with Crippen molar-refractivity contribution in [3.8, 4) is 17.6 Å². The minimum Gasteiger partial charge on any atom is -0.454 e. The molecule has 0 saturated carbocycles. The van der Waals surface area contributed by atoms with Gasteiger partial charge in [0.15, 0.2) is 11.5 Å². The maximum atomic E-state index is 12.7. The second-order valence-corrected chi connectivity index (χ2v) is 6.84. The summed E-state index contributed by atoms with van der Waals surface area (Å²) < 4.78 is 12.8. The second kappa shape index (κ2) is 8.11. The van der Waals surface area contributed by atoms with Gasteiger partial charge in [0.25, 0.3) is 5.91 Å². The first-order valence-corrected chi connectivity index (χ1v) is 9.60. The molecule has 2 heterocycles. The molecule has 0 spiro atoms. The van der Waals surface area contributed by atoms with Crippen molar-refractivity contribution in [2.24, 2.45) is 0 Å². The minimum absolute atomic E-state index is 0.0426. The van der Waals surface area contributed by atoms with Gasteiger partial charge in [-0.05, 0) is 30.7 Å². The number of ether oxygens (including phenoxy) is 2. The highest BCUT2D eigenvalue weighted by Crippen LogP contribution is 2.34. The largest absolute Gasteiger partial charge is 0.454 e. The third kappa shape index (κ3) is 3.81. The number of nitrogens with one attached hydrogen (secondary N) is 1. The molecule has 146 valence electrons. The van der Waals surface area contributed by atoms with E-state index >= 15 is 0 Å². The first kappa shape index (κ1) is 18.6. The van der Waals surface area contributed by atoms with Crippen LogP contribution in [0.4, 0.5) is 5.69 Å². The summed E-state index contributed by atoms with van der Waals surface area (Å²) in [5, 5.41) is 13.4. The van der Waals surface area contributed by atoms with Crippen LogP contribution in [0.1, 0.15) is 25.3 Å². The Morgan fingerprint density at radius 2 is 2.07 bits per heavy atom. The van der Waals surface area contributed by atoms with E-state index in [2.05, 4.69) is 22.9 Å². The molecular weight excluding hydrogens is 366 g/mol. The van der Waals surface area contributed by atoms with Gasteiger partial charge in [0.05, 0.1) is 0 Å². The van der Waals surface area contributed by atoms with Crippen molar-refractivity contribution < 1.29 is 14.3 Å². The molecule has 1 N–H and O–H groups in total. The highest BCUT2D eigenvalue weighted by atomic mass is 16.7. The minimum atomic E-state index is -0.461. The van der Waals surface area contributed by atoms with Crippen molar-refractivity contribution in [3.05, 3.63) is 59.8 Å². The predicted molar refractivity (Wildman–Crippen MR) is 112 cm³/mol. The fourth-order valence-corrected chi connectivity index (χ4v) is 3.38. The summed E-state index contributed by atoms with van der Waals surface area (Å²) in [6, 6.07) is 15.2. The third-order valence-electron chi connectivity index (χ3n) is 4.87. The molecule has 1 amide bonds. The van der Waals surface area contributed by atoms with Gasteiger partial charge in [0.2, 0.25) is 6.79 Å². The smallest absolute Gasteiger partial charge is 0.266 e. The number of fused-ring (bicyclic) bond motifs is 2. The van der Waals surface area contributed by atoms with Gasteiger partial charge in [-0.3, -0.25) is 4.79 Å². The van der Waals surface area contributed by atoms with E-state index in [1.54, 1.807) is 24.3 Å².